The van der Waals surface area contributed by atoms with Crippen LogP contribution in [0.4, 0.5) is 10.5 Å². The second kappa shape index (κ2) is 7.27. The molecule has 0 unspecified atom stereocenters. The average molecular weight is 355 g/mol. The number of fused-ring (bicyclic) bond motifs is 1. The van der Waals surface area contributed by atoms with Crippen LogP contribution in [-0.4, -0.2) is 31.7 Å². The molecule has 0 fully saturated rings. The molecule has 0 aliphatic carbocycles. The molecule has 1 aromatic carbocycles. The molecule has 0 atom stereocenters. The normalized spacial score (nSPS) is 11.8. The summed E-state index contributed by atoms with van der Waals surface area (Å²) in [6, 6.07) is 4.90. The van der Waals surface area contributed by atoms with Crippen LogP contribution in [0.15, 0.2) is 22.5 Å². The number of hydrogen-bond donors (Lipinski definition) is 2. The first-order valence-electron chi connectivity index (χ1n) is 7.50. The predicted octanol–water partition coefficient (Wildman–Crippen LogP) is 3.26. The first-order chi connectivity index (χ1) is 10.8. The zero-order valence-electron chi connectivity index (χ0n) is 13.4. The lowest BCUT2D eigenvalue weighted by Gasteiger charge is -2.06. The van der Waals surface area contributed by atoms with Crippen LogP contribution in [0.1, 0.15) is 27.2 Å². The van der Waals surface area contributed by atoms with Gasteiger partial charge in [0.05, 0.1) is 16.0 Å². The number of aromatic nitrogens is 1. The van der Waals surface area contributed by atoms with Crippen LogP contribution in [0.25, 0.3) is 10.2 Å². The number of rotatable bonds is 6. The number of carbonyl (C=O) groups is 1. The van der Waals surface area contributed by atoms with Gasteiger partial charge in [-0.05, 0) is 30.5 Å². The standard InChI is InChI=1S/C15H21N3O3S2/c1-4-7-16-14(19)17-11-5-6-12-13(8-11)22-15(18-12)23(20,21)9-10(2)3/h5-6,8,10H,4,7,9H2,1-3H3,(H2,16,17,19). The summed E-state index contributed by atoms with van der Waals surface area (Å²) >= 11 is 1.13. The summed E-state index contributed by atoms with van der Waals surface area (Å²) in [4.78, 5) is 15.9. The predicted molar refractivity (Wildman–Crippen MR) is 93.8 cm³/mol. The van der Waals surface area contributed by atoms with E-state index in [4.69, 9.17) is 0 Å². The molecule has 0 spiro atoms. The third kappa shape index (κ3) is 4.65. The van der Waals surface area contributed by atoms with Gasteiger partial charge in [0.1, 0.15) is 0 Å². The third-order valence-corrected chi connectivity index (χ3v) is 6.53. The van der Waals surface area contributed by atoms with Crippen LogP contribution >= 0.6 is 11.3 Å². The molecule has 2 aromatic rings. The second-order valence-electron chi connectivity index (χ2n) is 5.72. The molecule has 1 aromatic heterocycles. The van der Waals surface area contributed by atoms with Crippen molar-refractivity contribution >= 4 is 43.1 Å². The van der Waals surface area contributed by atoms with Crippen LogP contribution in [-0.2, 0) is 9.84 Å². The molecular formula is C15H21N3O3S2. The van der Waals surface area contributed by atoms with Gasteiger partial charge < -0.3 is 10.6 Å². The molecule has 6 nitrogen and oxygen atoms in total. The van der Waals surface area contributed by atoms with E-state index in [2.05, 4.69) is 15.6 Å². The van der Waals surface area contributed by atoms with Crippen LogP contribution in [0, 0.1) is 5.92 Å². The Morgan fingerprint density at radius 1 is 1.35 bits per heavy atom. The maximum absolute atomic E-state index is 12.3. The van der Waals surface area contributed by atoms with Crippen molar-refractivity contribution < 1.29 is 13.2 Å². The van der Waals surface area contributed by atoms with E-state index in [1.807, 2.05) is 20.8 Å². The van der Waals surface area contributed by atoms with Gasteiger partial charge >= 0.3 is 6.03 Å². The smallest absolute Gasteiger partial charge is 0.319 e. The van der Waals surface area contributed by atoms with Gasteiger partial charge in [-0.1, -0.05) is 20.8 Å². The highest BCUT2D eigenvalue weighted by Gasteiger charge is 2.21. The molecule has 1 heterocycles. The van der Waals surface area contributed by atoms with Gasteiger partial charge in [0.15, 0.2) is 0 Å². The lowest BCUT2D eigenvalue weighted by molar-refractivity contribution is 0.252. The highest BCUT2D eigenvalue weighted by molar-refractivity contribution is 7.93. The topological polar surface area (TPSA) is 88.2 Å². The van der Waals surface area contributed by atoms with Crippen molar-refractivity contribution in [1.82, 2.24) is 10.3 Å². The van der Waals surface area contributed by atoms with E-state index in [-0.39, 0.29) is 22.0 Å². The Balaban J connectivity index is 2.23. The number of thiazole rings is 1. The molecule has 0 bridgehead atoms. The molecule has 0 saturated heterocycles. The van der Waals surface area contributed by atoms with Crippen LogP contribution in [0.5, 0.6) is 0 Å². The molecule has 23 heavy (non-hydrogen) atoms. The van der Waals surface area contributed by atoms with Crippen molar-refractivity contribution in [3.8, 4) is 0 Å². The summed E-state index contributed by atoms with van der Waals surface area (Å²) in [5.41, 5.74) is 1.24. The molecule has 0 aliphatic heterocycles. The number of anilines is 1. The minimum absolute atomic E-state index is 0.0477. The van der Waals surface area contributed by atoms with Gasteiger partial charge in [0.2, 0.25) is 14.2 Å². The lowest BCUT2D eigenvalue weighted by Crippen LogP contribution is -2.29. The Kier molecular flexibility index (Phi) is 5.59. The van der Waals surface area contributed by atoms with E-state index in [1.165, 1.54) is 0 Å². The van der Waals surface area contributed by atoms with Crippen molar-refractivity contribution in [2.24, 2.45) is 5.92 Å². The Labute approximate surface area is 140 Å². The van der Waals surface area contributed by atoms with Gasteiger partial charge in [-0.2, -0.15) is 0 Å². The summed E-state index contributed by atoms with van der Waals surface area (Å²) in [6.45, 7) is 6.30. The quantitative estimate of drug-likeness (QED) is 0.832. The monoisotopic (exact) mass is 355 g/mol. The number of carbonyl (C=O) groups excluding carboxylic acids is 1. The second-order valence-corrected chi connectivity index (χ2v) is 8.96. The van der Waals surface area contributed by atoms with Crippen LogP contribution < -0.4 is 10.6 Å². The highest BCUT2D eigenvalue weighted by Crippen LogP contribution is 2.29. The van der Waals surface area contributed by atoms with Gasteiger partial charge in [-0.3, -0.25) is 0 Å². The Morgan fingerprint density at radius 2 is 2.09 bits per heavy atom. The summed E-state index contributed by atoms with van der Waals surface area (Å²) < 4.78 is 25.4. The lowest BCUT2D eigenvalue weighted by atomic mass is 10.3. The van der Waals surface area contributed by atoms with E-state index >= 15 is 0 Å². The summed E-state index contributed by atoms with van der Waals surface area (Å²) in [5, 5.41) is 5.45. The first kappa shape index (κ1) is 17.7. The minimum atomic E-state index is -3.36. The van der Waals surface area contributed by atoms with Crippen molar-refractivity contribution in [1.29, 1.82) is 0 Å². The van der Waals surface area contributed by atoms with E-state index in [9.17, 15) is 13.2 Å². The average Bonchev–Trinajstić information content (AvgIpc) is 2.88. The van der Waals surface area contributed by atoms with Crippen molar-refractivity contribution in [3.05, 3.63) is 18.2 Å². The maximum Gasteiger partial charge on any atom is 0.319 e. The molecule has 0 aliphatic rings. The SMILES string of the molecule is CCCNC(=O)Nc1ccc2nc(S(=O)(=O)CC(C)C)sc2c1. The number of nitrogens with zero attached hydrogens (tertiary/aromatic N) is 1. The fraction of sp³-hybridized carbons (Fsp3) is 0.467. The Morgan fingerprint density at radius 3 is 2.74 bits per heavy atom. The minimum Gasteiger partial charge on any atom is -0.338 e. The number of hydrogen-bond acceptors (Lipinski definition) is 5. The van der Waals surface area contributed by atoms with E-state index in [1.54, 1.807) is 18.2 Å². The fourth-order valence-corrected chi connectivity index (χ4v) is 5.01. The van der Waals surface area contributed by atoms with Gasteiger partial charge in [0, 0.05) is 12.2 Å². The van der Waals surface area contributed by atoms with Gasteiger partial charge in [-0.25, -0.2) is 18.2 Å². The summed E-state index contributed by atoms with van der Waals surface area (Å²) in [5.74, 6) is 0.128. The van der Waals surface area contributed by atoms with Gasteiger partial charge in [0.25, 0.3) is 0 Å². The summed E-state index contributed by atoms with van der Waals surface area (Å²) in [7, 11) is -3.36. The molecule has 2 amide bonds. The zero-order valence-corrected chi connectivity index (χ0v) is 15.1. The highest BCUT2D eigenvalue weighted by atomic mass is 32.2. The molecule has 2 rings (SSSR count). The van der Waals surface area contributed by atoms with Gasteiger partial charge in [-0.15, -0.1) is 11.3 Å². The van der Waals surface area contributed by atoms with Crippen molar-refractivity contribution in [3.63, 3.8) is 0 Å². The molecule has 0 saturated carbocycles. The van der Waals surface area contributed by atoms with Crippen LogP contribution in [0.3, 0.4) is 0 Å². The number of benzene rings is 1. The van der Waals surface area contributed by atoms with E-state index in [0.29, 0.717) is 17.7 Å². The third-order valence-electron chi connectivity index (χ3n) is 2.98. The van der Waals surface area contributed by atoms with Crippen LogP contribution in [0.2, 0.25) is 0 Å². The molecular weight excluding hydrogens is 334 g/mol. The number of sulfone groups is 1. The maximum atomic E-state index is 12.3. The van der Waals surface area contributed by atoms with Crippen molar-refractivity contribution in [2.45, 2.75) is 31.5 Å². The molecule has 8 heteroatoms. The summed E-state index contributed by atoms with van der Waals surface area (Å²) in [6.07, 6.45) is 0.859. The molecule has 0 radical (unpaired) electrons. The first-order valence-corrected chi connectivity index (χ1v) is 9.97. The zero-order chi connectivity index (χ0) is 17.0. The Hall–Kier alpha value is -1.67. The number of nitrogens with one attached hydrogen (secondary N) is 2. The van der Waals surface area contributed by atoms with Crippen molar-refractivity contribution in [2.75, 3.05) is 17.6 Å². The number of amides is 2. The Bertz CT molecular complexity index is 797. The number of urea groups is 1. The molecule has 126 valence electrons. The largest absolute Gasteiger partial charge is 0.338 e. The van der Waals surface area contributed by atoms with E-state index in [0.717, 1.165) is 22.5 Å². The molecule has 2 N–H and O–H groups in total. The fourth-order valence-electron chi connectivity index (χ4n) is 2.04. The van der Waals surface area contributed by atoms with E-state index < -0.39 is 9.84 Å².